The summed E-state index contributed by atoms with van der Waals surface area (Å²) >= 11 is 0. The van der Waals surface area contributed by atoms with Gasteiger partial charge in [0.2, 0.25) is 5.91 Å². The molecule has 0 saturated heterocycles. The van der Waals surface area contributed by atoms with Crippen LogP contribution in [0.3, 0.4) is 0 Å². The topological polar surface area (TPSA) is 90.7 Å². The third-order valence-corrected chi connectivity index (χ3v) is 7.51. The Labute approximate surface area is 257 Å². The SMILES string of the molecule is CC.CCCCN(C)c1ccc(-c2nc3cnccn3c2NCC(=O)NCCN(CC)c2c(CC)cncc2CC)cc1. The number of fused-ring (bicyclic) bond motifs is 1. The summed E-state index contributed by atoms with van der Waals surface area (Å²) in [6.45, 7) is 16.0. The number of nitrogens with one attached hydrogen (secondary N) is 2. The van der Waals surface area contributed by atoms with E-state index in [4.69, 9.17) is 4.98 Å². The highest BCUT2D eigenvalue weighted by Crippen LogP contribution is 2.30. The van der Waals surface area contributed by atoms with Gasteiger partial charge in [-0.2, -0.15) is 0 Å². The number of unbranched alkanes of at least 4 members (excludes halogenated alkanes) is 1. The minimum absolute atomic E-state index is 0.0648. The van der Waals surface area contributed by atoms with Crippen molar-refractivity contribution in [1.29, 1.82) is 0 Å². The molecule has 9 heteroatoms. The summed E-state index contributed by atoms with van der Waals surface area (Å²) in [5, 5.41) is 6.44. The van der Waals surface area contributed by atoms with E-state index in [0.717, 1.165) is 61.6 Å². The molecule has 43 heavy (non-hydrogen) atoms. The molecule has 0 spiro atoms. The predicted octanol–water partition coefficient (Wildman–Crippen LogP) is 6.23. The minimum Gasteiger partial charge on any atom is -0.375 e. The van der Waals surface area contributed by atoms with Crippen LogP contribution in [0.4, 0.5) is 17.2 Å². The number of aryl methyl sites for hydroxylation is 2. The Balaban J connectivity index is 0.00000248. The highest BCUT2D eigenvalue weighted by Gasteiger charge is 2.17. The molecule has 2 N–H and O–H groups in total. The molecule has 1 aromatic carbocycles. The van der Waals surface area contributed by atoms with Crippen molar-refractivity contribution < 1.29 is 4.79 Å². The van der Waals surface area contributed by atoms with Crippen LogP contribution >= 0.6 is 0 Å². The number of pyridine rings is 1. The zero-order valence-corrected chi connectivity index (χ0v) is 27.2. The van der Waals surface area contributed by atoms with Gasteiger partial charge in [-0.1, -0.05) is 53.2 Å². The number of anilines is 3. The largest absolute Gasteiger partial charge is 0.375 e. The number of nitrogens with zero attached hydrogens (tertiary/aromatic N) is 6. The summed E-state index contributed by atoms with van der Waals surface area (Å²) in [7, 11) is 2.12. The van der Waals surface area contributed by atoms with Gasteiger partial charge < -0.3 is 20.4 Å². The molecule has 0 radical (unpaired) electrons. The van der Waals surface area contributed by atoms with Crippen LogP contribution < -0.4 is 20.4 Å². The fourth-order valence-corrected chi connectivity index (χ4v) is 5.13. The first-order valence-corrected chi connectivity index (χ1v) is 15.8. The summed E-state index contributed by atoms with van der Waals surface area (Å²) in [6, 6.07) is 8.43. The molecular weight excluding hydrogens is 536 g/mol. The van der Waals surface area contributed by atoms with Crippen molar-refractivity contribution in [2.24, 2.45) is 0 Å². The molecule has 0 saturated carbocycles. The smallest absolute Gasteiger partial charge is 0.239 e. The number of aromatic nitrogens is 4. The average Bonchev–Trinajstić information content (AvgIpc) is 3.43. The normalized spacial score (nSPS) is 10.7. The van der Waals surface area contributed by atoms with E-state index in [1.54, 1.807) is 12.4 Å². The Morgan fingerprint density at radius 2 is 1.63 bits per heavy atom. The van der Waals surface area contributed by atoms with Crippen LogP contribution in [0.15, 0.2) is 55.2 Å². The number of imidazole rings is 1. The van der Waals surface area contributed by atoms with Crippen LogP contribution in [-0.2, 0) is 17.6 Å². The van der Waals surface area contributed by atoms with Gasteiger partial charge in [-0.3, -0.25) is 19.2 Å². The van der Waals surface area contributed by atoms with Crippen LogP contribution in [0.5, 0.6) is 0 Å². The Morgan fingerprint density at radius 1 is 0.930 bits per heavy atom. The molecule has 1 amide bonds. The maximum Gasteiger partial charge on any atom is 0.239 e. The molecule has 0 aliphatic heterocycles. The molecular formula is C34H50N8O. The third-order valence-electron chi connectivity index (χ3n) is 7.51. The molecule has 0 unspecified atom stereocenters. The van der Waals surface area contributed by atoms with Gasteiger partial charge >= 0.3 is 0 Å². The van der Waals surface area contributed by atoms with Crippen LogP contribution in [-0.4, -0.2) is 65.0 Å². The van der Waals surface area contributed by atoms with E-state index in [1.807, 2.05) is 36.8 Å². The molecule has 0 fully saturated rings. The molecule has 3 heterocycles. The summed E-state index contributed by atoms with van der Waals surface area (Å²) in [6.07, 6.45) is 13.4. The van der Waals surface area contributed by atoms with E-state index in [2.05, 4.69) is 89.4 Å². The Kier molecular flexibility index (Phi) is 13.3. The zero-order valence-electron chi connectivity index (χ0n) is 27.2. The molecule has 0 aliphatic rings. The van der Waals surface area contributed by atoms with E-state index in [0.29, 0.717) is 6.54 Å². The van der Waals surface area contributed by atoms with E-state index in [1.165, 1.54) is 28.9 Å². The van der Waals surface area contributed by atoms with E-state index in [9.17, 15) is 4.79 Å². The van der Waals surface area contributed by atoms with Gasteiger partial charge in [-0.25, -0.2) is 4.98 Å². The second-order valence-electron chi connectivity index (χ2n) is 10.2. The maximum atomic E-state index is 12.9. The summed E-state index contributed by atoms with van der Waals surface area (Å²) in [4.78, 5) is 31.0. The number of hydrogen-bond donors (Lipinski definition) is 2. The van der Waals surface area contributed by atoms with Crippen molar-refractivity contribution in [3.8, 4) is 11.3 Å². The molecule has 0 bridgehead atoms. The van der Waals surface area contributed by atoms with Crippen LogP contribution in [0, 0.1) is 0 Å². The molecule has 3 aromatic heterocycles. The molecule has 232 valence electrons. The first-order valence-electron chi connectivity index (χ1n) is 15.8. The number of carbonyl (C=O) groups excluding carboxylic acids is 1. The Bertz CT molecular complexity index is 1390. The van der Waals surface area contributed by atoms with E-state index in [-0.39, 0.29) is 12.5 Å². The lowest BCUT2D eigenvalue weighted by Crippen LogP contribution is -2.38. The van der Waals surface area contributed by atoms with Gasteiger partial charge in [0, 0.05) is 75.0 Å². The lowest BCUT2D eigenvalue weighted by molar-refractivity contribution is -0.119. The fourth-order valence-electron chi connectivity index (χ4n) is 5.13. The van der Waals surface area contributed by atoms with Gasteiger partial charge in [0.1, 0.15) is 11.5 Å². The van der Waals surface area contributed by atoms with Crippen LogP contribution in [0.25, 0.3) is 16.9 Å². The predicted molar refractivity (Wildman–Crippen MR) is 180 cm³/mol. The Morgan fingerprint density at radius 3 is 2.26 bits per heavy atom. The zero-order chi connectivity index (χ0) is 31.2. The minimum atomic E-state index is -0.0648. The van der Waals surface area contributed by atoms with Gasteiger partial charge in [0.05, 0.1) is 12.7 Å². The van der Waals surface area contributed by atoms with Crippen LogP contribution in [0.2, 0.25) is 0 Å². The van der Waals surface area contributed by atoms with Crippen molar-refractivity contribution in [2.75, 3.05) is 54.9 Å². The van der Waals surface area contributed by atoms with Gasteiger partial charge in [0.25, 0.3) is 0 Å². The second-order valence-corrected chi connectivity index (χ2v) is 10.2. The summed E-state index contributed by atoms with van der Waals surface area (Å²) in [5.74, 6) is 0.710. The fraction of sp³-hybridized carbons (Fsp3) is 0.471. The standard InChI is InChI=1S/C32H44N8O.C2H6/c1-6-10-17-38(5)27-13-11-26(12-14-27)30-32(40-19-15-33-22-28(40)37-30)36-23-29(41)35-16-18-39(9-4)31-24(7-2)20-34-21-25(31)8-3;1-2/h11-15,19-22,36H,6-10,16-18,23H2,1-5H3,(H,35,41);1-2H3. The highest BCUT2D eigenvalue weighted by atomic mass is 16.1. The quantitative estimate of drug-likeness (QED) is 0.171. The third kappa shape index (κ3) is 8.46. The monoisotopic (exact) mass is 586 g/mol. The van der Waals surface area contributed by atoms with E-state index < -0.39 is 0 Å². The number of rotatable bonds is 15. The van der Waals surface area contributed by atoms with Gasteiger partial charge in [0.15, 0.2) is 5.65 Å². The highest BCUT2D eigenvalue weighted by molar-refractivity contribution is 5.84. The van der Waals surface area contributed by atoms with Crippen molar-refractivity contribution in [1.82, 2.24) is 24.7 Å². The number of amides is 1. The van der Waals surface area contributed by atoms with Crippen LogP contribution in [0.1, 0.15) is 65.5 Å². The summed E-state index contributed by atoms with van der Waals surface area (Å²) < 4.78 is 1.94. The van der Waals surface area contributed by atoms with Crippen molar-refractivity contribution in [2.45, 2.75) is 67.2 Å². The summed E-state index contributed by atoms with van der Waals surface area (Å²) in [5.41, 5.74) is 7.42. The first kappa shape index (κ1) is 33.4. The Hall–Kier alpha value is -4.14. The number of likely N-dealkylation sites (N-methyl/N-ethyl adjacent to an activating group) is 1. The molecule has 9 nitrogen and oxygen atoms in total. The molecule has 4 aromatic rings. The molecule has 4 rings (SSSR count). The number of hydrogen-bond acceptors (Lipinski definition) is 7. The molecule has 0 aliphatic carbocycles. The van der Waals surface area contributed by atoms with Gasteiger partial charge in [-0.05, 0) is 49.4 Å². The van der Waals surface area contributed by atoms with Crippen molar-refractivity contribution in [3.63, 3.8) is 0 Å². The molecule has 0 atom stereocenters. The second kappa shape index (κ2) is 17.1. The average molecular weight is 587 g/mol. The lowest BCUT2D eigenvalue weighted by atomic mass is 10.1. The first-order chi connectivity index (χ1) is 21.0. The number of benzene rings is 1. The van der Waals surface area contributed by atoms with Gasteiger partial charge in [-0.15, -0.1) is 0 Å². The van der Waals surface area contributed by atoms with Crippen molar-refractivity contribution in [3.05, 3.63) is 66.4 Å². The maximum absolute atomic E-state index is 12.9. The van der Waals surface area contributed by atoms with Crippen molar-refractivity contribution >= 4 is 28.7 Å². The van der Waals surface area contributed by atoms with E-state index >= 15 is 0 Å². The lowest BCUT2D eigenvalue weighted by Gasteiger charge is -2.28. The number of carbonyl (C=O) groups is 1.